The molecule has 1 saturated carbocycles. The highest BCUT2D eigenvalue weighted by Crippen LogP contribution is 2.29. The molecular formula is C17H23N3. The van der Waals surface area contributed by atoms with E-state index in [9.17, 15) is 0 Å². The number of fused-ring (bicyclic) bond motifs is 1. The van der Waals surface area contributed by atoms with Crippen LogP contribution in [0.2, 0.25) is 0 Å². The van der Waals surface area contributed by atoms with Crippen molar-refractivity contribution in [1.82, 2.24) is 10.3 Å². The number of benzene rings is 1. The Hall–Kier alpha value is -1.45. The summed E-state index contributed by atoms with van der Waals surface area (Å²) in [5, 5.41) is 4.80. The summed E-state index contributed by atoms with van der Waals surface area (Å²) in [5.41, 5.74) is 8.26. The summed E-state index contributed by atoms with van der Waals surface area (Å²) in [6, 6.07) is 10.6. The summed E-state index contributed by atoms with van der Waals surface area (Å²) in [7, 11) is 0. The molecule has 1 aromatic heterocycles. The van der Waals surface area contributed by atoms with Crippen molar-refractivity contribution in [2.75, 3.05) is 13.1 Å². The Morgan fingerprint density at radius 2 is 2.10 bits per heavy atom. The maximum absolute atomic E-state index is 5.97. The molecule has 3 rings (SSSR count). The summed E-state index contributed by atoms with van der Waals surface area (Å²) in [5.74, 6) is 0.937. The lowest BCUT2D eigenvalue weighted by molar-refractivity contribution is 0.288. The van der Waals surface area contributed by atoms with Gasteiger partial charge in [0.05, 0.1) is 5.52 Å². The number of para-hydroxylation sites is 1. The quantitative estimate of drug-likeness (QED) is 0.847. The second kappa shape index (κ2) is 6.33. The molecule has 0 amide bonds. The van der Waals surface area contributed by atoms with Gasteiger partial charge in [-0.2, -0.15) is 0 Å². The molecule has 3 nitrogen and oxygen atoms in total. The first-order valence-corrected chi connectivity index (χ1v) is 7.65. The lowest BCUT2D eigenvalue weighted by Crippen LogP contribution is -2.31. The molecule has 1 fully saturated rings. The largest absolute Gasteiger partial charge is 0.329 e. The Kier molecular flexibility index (Phi) is 4.28. The van der Waals surface area contributed by atoms with Crippen LogP contribution in [0.15, 0.2) is 36.5 Å². The topological polar surface area (TPSA) is 50.9 Å². The van der Waals surface area contributed by atoms with E-state index in [1.165, 1.54) is 36.6 Å². The third-order valence-electron chi connectivity index (χ3n) is 4.44. The molecule has 1 heterocycles. The second-order valence-corrected chi connectivity index (χ2v) is 5.75. The highest BCUT2D eigenvalue weighted by molar-refractivity contribution is 5.82. The molecule has 3 N–H and O–H groups in total. The third kappa shape index (κ3) is 2.84. The van der Waals surface area contributed by atoms with Gasteiger partial charge in [0.2, 0.25) is 0 Å². The molecule has 20 heavy (non-hydrogen) atoms. The summed E-state index contributed by atoms with van der Waals surface area (Å²) in [6.45, 7) is 1.66. The van der Waals surface area contributed by atoms with Gasteiger partial charge in [-0.3, -0.25) is 4.98 Å². The van der Waals surface area contributed by atoms with Crippen molar-refractivity contribution in [3.63, 3.8) is 0 Å². The molecule has 1 atom stereocenters. The Balaban J connectivity index is 1.72. The van der Waals surface area contributed by atoms with Crippen LogP contribution in [0.3, 0.4) is 0 Å². The van der Waals surface area contributed by atoms with Gasteiger partial charge in [0.15, 0.2) is 0 Å². The summed E-state index contributed by atoms with van der Waals surface area (Å²) >= 11 is 0. The fourth-order valence-electron chi connectivity index (χ4n) is 2.97. The van der Waals surface area contributed by atoms with Gasteiger partial charge in [0, 0.05) is 24.2 Å². The maximum Gasteiger partial charge on any atom is 0.0750 e. The number of hydrogen-bond donors (Lipinski definition) is 2. The zero-order valence-corrected chi connectivity index (χ0v) is 11.9. The predicted molar refractivity (Wildman–Crippen MR) is 83.5 cm³/mol. The molecule has 0 spiro atoms. The molecule has 1 aromatic carbocycles. The average Bonchev–Trinajstić information content (AvgIpc) is 2.45. The fraction of sp³-hybridized carbons (Fsp3) is 0.471. The SMILES string of the molecule is NCC(NCCC1CCC1)c1cccc2cccnc12. The van der Waals surface area contributed by atoms with E-state index < -0.39 is 0 Å². The maximum atomic E-state index is 5.97. The first kappa shape index (κ1) is 13.5. The minimum absolute atomic E-state index is 0.202. The number of nitrogens with one attached hydrogen (secondary N) is 1. The van der Waals surface area contributed by atoms with Gasteiger partial charge < -0.3 is 11.1 Å². The summed E-state index contributed by atoms with van der Waals surface area (Å²) < 4.78 is 0. The van der Waals surface area contributed by atoms with Crippen LogP contribution in [0, 0.1) is 5.92 Å². The molecule has 0 bridgehead atoms. The Morgan fingerprint density at radius 3 is 2.85 bits per heavy atom. The molecule has 2 aromatic rings. The number of nitrogens with zero attached hydrogens (tertiary/aromatic N) is 1. The Bertz CT molecular complexity index is 558. The predicted octanol–water partition coefficient (Wildman–Crippen LogP) is 3.01. The van der Waals surface area contributed by atoms with Crippen molar-refractivity contribution in [1.29, 1.82) is 0 Å². The number of hydrogen-bond acceptors (Lipinski definition) is 3. The molecule has 0 saturated heterocycles. The summed E-state index contributed by atoms with van der Waals surface area (Å²) in [6.07, 6.45) is 7.36. The molecule has 106 valence electrons. The zero-order chi connectivity index (χ0) is 13.8. The lowest BCUT2D eigenvalue weighted by Gasteiger charge is -2.26. The van der Waals surface area contributed by atoms with Gasteiger partial charge >= 0.3 is 0 Å². The van der Waals surface area contributed by atoms with Crippen molar-refractivity contribution >= 4 is 10.9 Å². The zero-order valence-electron chi connectivity index (χ0n) is 11.9. The van der Waals surface area contributed by atoms with Crippen LogP contribution >= 0.6 is 0 Å². The van der Waals surface area contributed by atoms with Crippen LogP contribution in [0.4, 0.5) is 0 Å². The van der Waals surface area contributed by atoms with Crippen molar-refractivity contribution in [3.8, 4) is 0 Å². The second-order valence-electron chi connectivity index (χ2n) is 5.75. The van der Waals surface area contributed by atoms with Crippen molar-refractivity contribution in [3.05, 3.63) is 42.1 Å². The van der Waals surface area contributed by atoms with Gasteiger partial charge in [-0.15, -0.1) is 0 Å². The highest BCUT2D eigenvalue weighted by Gasteiger charge is 2.18. The van der Waals surface area contributed by atoms with Crippen LogP contribution in [0.5, 0.6) is 0 Å². The van der Waals surface area contributed by atoms with Gasteiger partial charge in [-0.1, -0.05) is 43.5 Å². The molecule has 1 aliphatic rings. The van der Waals surface area contributed by atoms with Crippen molar-refractivity contribution < 1.29 is 0 Å². The number of aromatic nitrogens is 1. The van der Waals surface area contributed by atoms with E-state index in [1.54, 1.807) is 0 Å². The van der Waals surface area contributed by atoms with Gasteiger partial charge in [-0.25, -0.2) is 0 Å². The Labute approximate surface area is 120 Å². The van der Waals surface area contributed by atoms with Crippen LogP contribution < -0.4 is 11.1 Å². The van der Waals surface area contributed by atoms with Gasteiger partial charge in [0.25, 0.3) is 0 Å². The normalized spacial score (nSPS) is 17.1. The van der Waals surface area contributed by atoms with Gasteiger partial charge in [-0.05, 0) is 30.5 Å². The van der Waals surface area contributed by atoms with E-state index in [2.05, 4.69) is 34.6 Å². The standard InChI is InChI=1S/C17H23N3/c18-12-16(19-11-9-13-4-1-5-13)15-8-2-6-14-7-3-10-20-17(14)15/h2-3,6-8,10,13,16,19H,1,4-5,9,11-12,18H2. The molecule has 0 aliphatic heterocycles. The molecule has 1 aliphatic carbocycles. The average molecular weight is 269 g/mol. The van der Waals surface area contributed by atoms with Crippen LogP contribution in [-0.2, 0) is 0 Å². The fourth-order valence-corrected chi connectivity index (χ4v) is 2.97. The van der Waals surface area contributed by atoms with E-state index in [4.69, 9.17) is 5.73 Å². The molecule has 1 unspecified atom stereocenters. The van der Waals surface area contributed by atoms with Crippen LogP contribution in [0.1, 0.15) is 37.3 Å². The highest BCUT2D eigenvalue weighted by atomic mass is 14.9. The van der Waals surface area contributed by atoms with Crippen LogP contribution in [0.25, 0.3) is 10.9 Å². The van der Waals surface area contributed by atoms with Crippen molar-refractivity contribution in [2.24, 2.45) is 11.7 Å². The van der Waals surface area contributed by atoms with Crippen LogP contribution in [-0.4, -0.2) is 18.1 Å². The molecular weight excluding hydrogens is 246 g/mol. The summed E-state index contributed by atoms with van der Waals surface area (Å²) in [4.78, 5) is 4.52. The van der Waals surface area contributed by atoms with E-state index >= 15 is 0 Å². The number of rotatable bonds is 6. The van der Waals surface area contributed by atoms with Crippen molar-refractivity contribution in [2.45, 2.75) is 31.7 Å². The lowest BCUT2D eigenvalue weighted by atomic mass is 9.83. The first-order chi connectivity index (χ1) is 9.88. The number of pyridine rings is 1. The van der Waals surface area contributed by atoms with E-state index in [0.717, 1.165) is 18.0 Å². The monoisotopic (exact) mass is 269 g/mol. The van der Waals surface area contributed by atoms with E-state index in [-0.39, 0.29) is 6.04 Å². The van der Waals surface area contributed by atoms with E-state index in [0.29, 0.717) is 6.54 Å². The molecule has 3 heteroatoms. The number of nitrogens with two attached hydrogens (primary N) is 1. The first-order valence-electron chi connectivity index (χ1n) is 7.65. The Morgan fingerprint density at radius 1 is 1.25 bits per heavy atom. The molecule has 0 radical (unpaired) electrons. The van der Waals surface area contributed by atoms with Gasteiger partial charge in [0.1, 0.15) is 0 Å². The smallest absolute Gasteiger partial charge is 0.0750 e. The van der Waals surface area contributed by atoms with E-state index in [1.807, 2.05) is 12.3 Å². The third-order valence-corrected chi connectivity index (χ3v) is 4.44. The minimum atomic E-state index is 0.202. The minimum Gasteiger partial charge on any atom is -0.329 e.